The first kappa shape index (κ1) is 19.2. The number of aryl methyl sites for hydroxylation is 2. The number of fused-ring (bicyclic) bond motifs is 1. The van der Waals surface area contributed by atoms with Gasteiger partial charge in [-0.3, -0.25) is 4.79 Å². The van der Waals surface area contributed by atoms with E-state index in [1.165, 1.54) is 18.9 Å². The predicted octanol–water partition coefficient (Wildman–Crippen LogP) is 4.15. The van der Waals surface area contributed by atoms with Crippen LogP contribution in [0.4, 0.5) is 0 Å². The average Bonchev–Trinajstić information content (AvgIpc) is 3.16. The molecular formula is C20H23N3O3S. The van der Waals surface area contributed by atoms with Gasteiger partial charge < -0.3 is 14.3 Å². The third-order valence-electron chi connectivity index (χ3n) is 4.66. The number of methoxy groups -OCH3 is 1. The number of benzene rings is 1. The second kappa shape index (κ2) is 7.60. The Hall–Kier alpha value is -2.54. The summed E-state index contributed by atoms with van der Waals surface area (Å²) in [5, 5.41) is 0.461. The topological polar surface area (TPSA) is 77.0 Å². The van der Waals surface area contributed by atoms with Gasteiger partial charge in [0.05, 0.1) is 34.7 Å². The highest BCUT2D eigenvalue weighted by atomic mass is 32.2. The van der Waals surface area contributed by atoms with E-state index in [0.717, 1.165) is 22.7 Å². The van der Waals surface area contributed by atoms with Crippen LogP contribution in [0.15, 0.2) is 29.4 Å². The van der Waals surface area contributed by atoms with E-state index in [2.05, 4.69) is 21.5 Å². The van der Waals surface area contributed by atoms with Gasteiger partial charge in [0.25, 0.3) is 0 Å². The van der Waals surface area contributed by atoms with Gasteiger partial charge in [0.1, 0.15) is 0 Å². The third-order valence-corrected chi connectivity index (χ3v) is 5.75. The number of ketones is 1. The number of ether oxygens (including phenoxy) is 1. The fourth-order valence-corrected chi connectivity index (χ4v) is 4.32. The first-order valence-electron chi connectivity index (χ1n) is 8.82. The second-order valence-electron chi connectivity index (χ2n) is 6.37. The Labute approximate surface area is 162 Å². The average molecular weight is 385 g/mol. The third kappa shape index (κ3) is 3.39. The number of Topliss-reactive ketones (excluding diaryl/α,β-unsaturated/α-hetero) is 1. The van der Waals surface area contributed by atoms with E-state index in [0.29, 0.717) is 22.5 Å². The number of nitrogens with zero attached hydrogens (tertiary/aromatic N) is 2. The van der Waals surface area contributed by atoms with Crippen LogP contribution in [0.1, 0.15) is 46.0 Å². The standard InChI is InChI=1S/C20H23N3O3S/c1-6-23-15-10-8-7-9-14(15)22-20(23)27-13(4)18(24)17-11(2)16(12(3)21-17)19(25)26-5/h7-10,13,21H,6H2,1-5H3/t13-/m0/s1. The van der Waals surface area contributed by atoms with Gasteiger partial charge in [-0.25, -0.2) is 9.78 Å². The molecule has 142 valence electrons. The summed E-state index contributed by atoms with van der Waals surface area (Å²) in [5.74, 6) is -0.501. The van der Waals surface area contributed by atoms with Crippen LogP contribution >= 0.6 is 11.8 Å². The summed E-state index contributed by atoms with van der Waals surface area (Å²) in [5.41, 5.74) is 4.12. The van der Waals surface area contributed by atoms with Crippen LogP contribution in [0, 0.1) is 13.8 Å². The Bertz CT molecular complexity index is 1020. The van der Waals surface area contributed by atoms with Crippen molar-refractivity contribution in [1.29, 1.82) is 0 Å². The number of rotatable bonds is 6. The zero-order valence-corrected chi connectivity index (χ0v) is 16.9. The largest absolute Gasteiger partial charge is 0.465 e. The maximum absolute atomic E-state index is 13.0. The van der Waals surface area contributed by atoms with Crippen LogP contribution in [0.5, 0.6) is 0 Å². The highest BCUT2D eigenvalue weighted by Gasteiger charge is 2.27. The van der Waals surface area contributed by atoms with Crippen molar-refractivity contribution in [2.75, 3.05) is 7.11 Å². The van der Waals surface area contributed by atoms with Crippen LogP contribution in [0.2, 0.25) is 0 Å². The Morgan fingerprint density at radius 1 is 1.30 bits per heavy atom. The number of hydrogen-bond acceptors (Lipinski definition) is 5. The minimum atomic E-state index is -0.437. The number of thioether (sulfide) groups is 1. The molecule has 0 radical (unpaired) electrons. The number of para-hydroxylation sites is 2. The fraction of sp³-hybridized carbons (Fsp3) is 0.350. The fourth-order valence-electron chi connectivity index (χ4n) is 3.27. The van der Waals surface area contributed by atoms with E-state index in [-0.39, 0.29) is 11.0 Å². The van der Waals surface area contributed by atoms with E-state index in [1.807, 2.05) is 31.2 Å². The molecule has 0 saturated carbocycles. The molecule has 1 aromatic carbocycles. The van der Waals surface area contributed by atoms with Crippen LogP contribution in [0.25, 0.3) is 11.0 Å². The zero-order valence-electron chi connectivity index (χ0n) is 16.1. The minimum Gasteiger partial charge on any atom is -0.465 e. The van der Waals surface area contributed by atoms with E-state index >= 15 is 0 Å². The molecule has 0 fully saturated rings. The van der Waals surface area contributed by atoms with Gasteiger partial charge in [-0.2, -0.15) is 0 Å². The van der Waals surface area contributed by atoms with Gasteiger partial charge in [-0.1, -0.05) is 23.9 Å². The SMILES string of the molecule is CCn1c(S[C@@H](C)C(=O)c2[nH]c(C)c(C(=O)OC)c2C)nc2ccccc21. The van der Waals surface area contributed by atoms with Crippen molar-refractivity contribution in [2.24, 2.45) is 0 Å². The molecule has 6 nitrogen and oxygen atoms in total. The van der Waals surface area contributed by atoms with Crippen molar-refractivity contribution >= 4 is 34.5 Å². The molecule has 2 aromatic heterocycles. The number of carbonyl (C=O) groups is 2. The van der Waals surface area contributed by atoms with Gasteiger partial charge in [0.15, 0.2) is 10.9 Å². The lowest BCUT2D eigenvalue weighted by atomic mass is 10.1. The second-order valence-corrected chi connectivity index (χ2v) is 7.68. The van der Waals surface area contributed by atoms with Gasteiger partial charge in [-0.05, 0) is 45.4 Å². The first-order chi connectivity index (χ1) is 12.9. The number of aromatic amines is 1. The van der Waals surface area contributed by atoms with E-state index in [1.54, 1.807) is 13.8 Å². The summed E-state index contributed by atoms with van der Waals surface area (Å²) in [6, 6.07) is 7.94. The molecular weight excluding hydrogens is 362 g/mol. The van der Waals surface area contributed by atoms with Crippen molar-refractivity contribution in [3.63, 3.8) is 0 Å². The molecule has 0 spiro atoms. The molecule has 27 heavy (non-hydrogen) atoms. The number of H-pyrrole nitrogens is 1. The number of esters is 1. The maximum atomic E-state index is 13.0. The molecule has 3 aromatic rings. The van der Waals surface area contributed by atoms with E-state index < -0.39 is 5.97 Å². The summed E-state index contributed by atoms with van der Waals surface area (Å²) in [6.07, 6.45) is 0. The monoisotopic (exact) mass is 385 g/mol. The van der Waals surface area contributed by atoms with Crippen LogP contribution in [-0.2, 0) is 11.3 Å². The van der Waals surface area contributed by atoms with Crippen LogP contribution in [-0.4, -0.2) is 38.6 Å². The lowest BCUT2D eigenvalue weighted by Gasteiger charge is -2.11. The van der Waals surface area contributed by atoms with Gasteiger partial charge >= 0.3 is 5.97 Å². The van der Waals surface area contributed by atoms with Gasteiger partial charge in [0, 0.05) is 12.2 Å². The molecule has 0 aliphatic heterocycles. The van der Waals surface area contributed by atoms with Crippen LogP contribution in [0.3, 0.4) is 0 Å². The van der Waals surface area contributed by atoms with E-state index in [4.69, 9.17) is 4.74 Å². The Morgan fingerprint density at radius 3 is 2.67 bits per heavy atom. The lowest BCUT2D eigenvalue weighted by Crippen LogP contribution is -2.16. The molecule has 0 amide bonds. The lowest BCUT2D eigenvalue weighted by molar-refractivity contribution is 0.0599. The molecule has 1 atom stereocenters. The van der Waals surface area contributed by atoms with E-state index in [9.17, 15) is 9.59 Å². The summed E-state index contributed by atoms with van der Waals surface area (Å²) in [7, 11) is 1.34. The predicted molar refractivity (Wildman–Crippen MR) is 107 cm³/mol. The Balaban J connectivity index is 1.90. The molecule has 0 aliphatic carbocycles. The normalized spacial score (nSPS) is 12.3. The summed E-state index contributed by atoms with van der Waals surface area (Å²) >= 11 is 1.43. The molecule has 0 aliphatic rings. The minimum absolute atomic E-state index is 0.0644. The molecule has 0 bridgehead atoms. The molecule has 3 rings (SSSR count). The molecule has 0 saturated heterocycles. The molecule has 7 heteroatoms. The summed E-state index contributed by atoms with van der Waals surface area (Å²) in [4.78, 5) is 32.7. The number of nitrogens with one attached hydrogen (secondary N) is 1. The van der Waals surface area contributed by atoms with Crippen molar-refractivity contribution in [3.8, 4) is 0 Å². The zero-order chi connectivity index (χ0) is 19.7. The van der Waals surface area contributed by atoms with Crippen molar-refractivity contribution in [3.05, 3.63) is 46.8 Å². The van der Waals surface area contributed by atoms with Gasteiger partial charge in [0.2, 0.25) is 0 Å². The van der Waals surface area contributed by atoms with Crippen molar-refractivity contribution in [2.45, 2.75) is 44.6 Å². The molecule has 2 heterocycles. The van der Waals surface area contributed by atoms with Crippen molar-refractivity contribution in [1.82, 2.24) is 14.5 Å². The summed E-state index contributed by atoms with van der Waals surface area (Å²) < 4.78 is 6.93. The van der Waals surface area contributed by atoms with Gasteiger partial charge in [-0.15, -0.1) is 0 Å². The number of hydrogen-bond donors (Lipinski definition) is 1. The maximum Gasteiger partial charge on any atom is 0.339 e. The number of imidazole rings is 1. The number of carbonyl (C=O) groups excluding carboxylic acids is 2. The summed E-state index contributed by atoms with van der Waals surface area (Å²) in [6.45, 7) is 8.23. The highest BCUT2D eigenvalue weighted by molar-refractivity contribution is 8.00. The smallest absolute Gasteiger partial charge is 0.339 e. The van der Waals surface area contributed by atoms with Crippen molar-refractivity contribution < 1.29 is 14.3 Å². The molecule has 1 N–H and O–H groups in total. The molecule has 0 unspecified atom stereocenters. The number of aromatic nitrogens is 3. The quantitative estimate of drug-likeness (QED) is 0.392. The highest BCUT2D eigenvalue weighted by Crippen LogP contribution is 2.30. The van der Waals surface area contributed by atoms with Crippen LogP contribution < -0.4 is 0 Å². The Morgan fingerprint density at radius 2 is 2.00 bits per heavy atom. The first-order valence-corrected chi connectivity index (χ1v) is 9.70. The Kier molecular flexibility index (Phi) is 5.41.